The van der Waals surface area contributed by atoms with Gasteiger partial charge in [-0.2, -0.15) is 0 Å². The first kappa shape index (κ1) is 14.2. The van der Waals surface area contributed by atoms with Gasteiger partial charge in [0.15, 0.2) is 0 Å². The summed E-state index contributed by atoms with van der Waals surface area (Å²) in [6.07, 6.45) is 3.59. The Morgan fingerprint density at radius 2 is 1.82 bits per heavy atom. The molecule has 0 heterocycles. The summed E-state index contributed by atoms with van der Waals surface area (Å²) in [6, 6.07) is 8.04. The Hall–Kier alpha value is -0.890. The molecule has 0 atom stereocenters. The SMILES string of the molecule is CCCCC(C)(C)C(=S)c1ccc(OC)cc1. The highest BCUT2D eigenvalue weighted by molar-refractivity contribution is 7.81. The van der Waals surface area contributed by atoms with E-state index >= 15 is 0 Å². The predicted octanol–water partition coefficient (Wildman–Crippen LogP) is 4.63. The maximum absolute atomic E-state index is 5.61. The topological polar surface area (TPSA) is 9.23 Å². The molecule has 1 nitrogen and oxygen atoms in total. The Kier molecular flexibility index (Phi) is 5.13. The summed E-state index contributed by atoms with van der Waals surface area (Å²) in [6.45, 7) is 6.68. The highest BCUT2D eigenvalue weighted by atomic mass is 32.1. The van der Waals surface area contributed by atoms with Gasteiger partial charge in [0.2, 0.25) is 0 Å². The van der Waals surface area contributed by atoms with Gasteiger partial charge in [0.25, 0.3) is 0 Å². The van der Waals surface area contributed by atoms with E-state index in [4.69, 9.17) is 17.0 Å². The zero-order valence-electron chi connectivity index (χ0n) is 11.2. The molecule has 0 N–H and O–H groups in total. The largest absolute Gasteiger partial charge is 0.497 e. The van der Waals surface area contributed by atoms with Crippen LogP contribution in [0.25, 0.3) is 0 Å². The lowest BCUT2D eigenvalue weighted by atomic mass is 9.81. The summed E-state index contributed by atoms with van der Waals surface area (Å²) >= 11 is 5.61. The molecule has 0 saturated carbocycles. The van der Waals surface area contributed by atoms with Crippen molar-refractivity contribution in [1.29, 1.82) is 0 Å². The van der Waals surface area contributed by atoms with Gasteiger partial charge in [-0.05, 0) is 24.1 Å². The van der Waals surface area contributed by atoms with Crippen molar-refractivity contribution >= 4 is 17.1 Å². The lowest BCUT2D eigenvalue weighted by Crippen LogP contribution is -2.23. The van der Waals surface area contributed by atoms with Gasteiger partial charge in [-0.3, -0.25) is 0 Å². The summed E-state index contributed by atoms with van der Waals surface area (Å²) < 4.78 is 5.16. The van der Waals surface area contributed by atoms with E-state index in [2.05, 4.69) is 32.9 Å². The molecular formula is C15H22OS. The second kappa shape index (κ2) is 6.15. The summed E-state index contributed by atoms with van der Waals surface area (Å²) in [7, 11) is 1.68. The van der Waals surface area contributed by atoms with Crippen LogP contribution in [0.3, 0.4) is 0 Å². The Balaban J connectivity index is 2.80. The van der Waals surface area contributed by atoms with Crippen LogP contribution in [-0.2, 0) is 0 Å². The van der Waals surface area contributed by atoms with Crippen molar-refractivity contribution in [3.8, 4) is 5.75 Å². The van der Waals surface area contributed by atoms with Gasteiger partial charge in [0, 0.05) is 10.3 Å². The van der Waals surface area contributed by atoms with Crippen LogP contribution in [-0.4, -0.2) is 12.0 Å². The third kappa shape index (κ3) is 3.81. The number of ether oxygens (including phenoxy) is 1. The van der Waals surface area contributed by atoms with Crippen LogP contribution in [0.1, 0.15) is 45.6 Å². The minimum absolute atomic E-state index is 0.0972. The fourth-order valence-corrected chi connectivity index (χ4v) is 2.10. The van der Waals surface area contributed by atoms with Crippen molar-refractivity contribution in [2.75, 3.05) is 7.11 Å². The maximum atomic E-state index is 5.61. The number of unbranched alkanes of at least 4 members (excludes halogenated alkanes) is 1. The third-order valence-corrected chi connectivity index (χ3v) is 3.91. The molecule has 0 aliphatic carbocycles. The summed E-state index contributed by atoms with van der Waals surface area (Å²) in [5, 5.41) is 0. The van der Waals surface area contributed by atoms with Crippen molar-refractivity contribution in [2.45, 2.75) is 40.0 Å². The van der Waals surface area contributed by atoms with Crippen molar-refractivity contribution in [1.82, 2.24) is 0 Å². The highest BCUT2D eigenvalue weighted by Gasteiger charge is 2.23. The summed E-state index contributed by atoms with van der Waals surface area (Å²) in [4.78, 5) is 1.05. The van der Waals surface area contributed by atoms with E-state index in [1.807, 2.05) is 12.1 Å². The number of benzene rings is 1. The molecule has 94 valence electrons. The average Bonchev–Trinajstić information content (AvgIpc) is 2.35. The number of hydrogen-bond donors (Lipinski definition) is 0. The molecular weight excluding hydrogens is 228 g/mol. The number of methoxy groups -OCH3 is 1. The molecule has 0 saturated heterocycles. The van der Waals surface area contributed by atoms with Gasteiger partial charge in [0.1, 0.15) is 5.75 Å². The van der Waals surface area contributed by atoms with Gasteiger partial charge in [0.05, 0.1) is 7.11 Å². The monoisotopic (exact) mass is 250 g/mol. The molecule has 0 fully saturated rings. The van der Waals surface area contributed by atoms with Crippen LogP contribution in [0, 0.1) is 5.41 Å². The van der Waals surface area contributed by atoms with Crippen molar-refractivity contribution < 1.29 is 4.74 Å². The minimum atomic E-state index is 0.0972. The molecule has 0 aromatic heterocycles. The van der Waals surface area contributed by atoms with E-state index in [0.717, 1.165) is 22.6 Å². The van der Waals surface area contributed by atoms with Crippen LogP contribution in [0.2, 0.25) is 0 Å². The standard InChI is InChI=1S/C15H22OS/c1-5-6-11-15(2,3)14(17)12-7-9-13(16-4)10-8-12/h7-10H,5-6,11H2,1-4H3. The van der Waals surface area contributed by atoms with E-state index in [1.165, 1.54) is 12.8 Å². The Morgan fingerprint density at radius 1 is 1.24 bits per heavy atom. The lowest BCUT2D eigenvalue weighted by Gasteiger charge is -2.26. The van der Waals surface area contributed by atoms with Crippen LogP contribution in [0.15, 0.2) is 24.3 Å². The second-order valence-corrected chi connectivity index (χ2v) is 5.45. The Bertz CT molecular complexity index is 365. The van der Waals surface area contributed by atoms with Gasteiger partial charge in [-0.1, -0.05) is 58.0 Å². The first-order valence-corrected chi connectivity index (χ1v) is 6.61. The van der Waals surface area contributed by atoms with Gasteiger partial charge in [-0.25, -0.2) is 0 Å². The van der Waals surface area contributed by atoms with E-state index in [0.29, 0.717) is 0 Å². The highest BCUT2D eigenvalue weighted by Crippen LogP contribution is 2.29. The van der Waals surface area contributed by atoms with Crippen molar-refractivity contribution in [3.63, 3.8) is 0 Å². The van der Waals surface area contributed by atoms with Gasteiger partial charge >= 0.3 is 0 Å². The molecule has 0 aliphatic heterocycles. The van der Waals surface area contributed by atoms with Crippen molar-refractivity contribution in [2.24, 2.45) is 5.41 Å². The Morgan fingerprint density at radius 3 is 2.29 bits per heavy atom. The fourth-order valence-electron chi connectivity index (χ4n) is 1.87. The van der Waals surface area contributed by atoms with Crippen LogP contribution >= 0.6 is 12.2 Å². The average molecular weight is 250 g/mol. The molecule has 1 rings (SSSR count). The predicted molar refractivity (Wildman–Crippen MR) is 78.0 cm³/mol. The van der Waals surface area contributed by atoms with E-state index < -0.39 is 0 Å². The minimum Gasteiger partial charge on any atom is -0.497 e. The summed E-state index contributed by atoms with van der Waals surface area (Å²) in [5.41, 5.74) is 1.24. The molecule has 1 aromatic carbocycles. The number of hydrogen-bond acceptors (Lipinski definition) is 2. The zero-order valence-corrected chi connectivity index (χ0v) is 12.1. The molecule has 0 bridgehead atoms. The quantitative estimate of drug-likeness (QED) is 0.538. The molecule has 1 aromatic rings. The molecule has 0 spiro atoms. The lowest BCUT2D eigenvalue weighted by molar-refractivity contribution is 0.414. The first-order chi connectivity index (χ1) is 8.01. The normalized spacial score (nSPS) is 11.3. The van der Waals surface area contributed by atoms with E-state index in [9.17, 15) is 0 Å². The molecule has 2 heteroatoms. The van der Waals surface area contributed by atoms with Crippen molar-refractivity contribution in [3.05, 3.63) is 29.8 Å². The molecule has 0 unspecified atom stereocenters. The molecule has 17 heavy (non-hydrogen) atoms. The smallest absolute Gasteiger partial charge is 0.118 e. The fraction of sp³-hybridized carbons (Fsp3) is 0.533. The Labute approximate surface area is 110 Å². The maximum Gasteiger partial charge on any atom is 0.118 e. The second-order valence-electron chi connectivity index (χ2n) is 5.05. The third-order valence-electron chi connectivity index (χ3n) is 3.12. The number of thiocarbonyl (C=S) groups is 1. The number of rotatable bonds is 6. The van der Waals surface area contributed by atoms with Crippen LogP contribution in [0.4, 0.5) is 0 Å². The molecule has 0 aliphatic rings. The van der Waals surface area contributed by atoms with E-state index in [-0.39, 0.29) is 5.41 Å². The van der Waals surface area contributed by atoms with Gasteiger partial charge in [-0.15, -0.1) is 0 Å². The summed E-state index contributed by atoms with van der Waals surface area (Å²) in [5.74, 6) is 0.878. The van der Waals surface area contributed by atoms with E-state index in [1.54, 1.807) is 7.11 Å². The zero-order chi connectivity index (χ0) is 12.9. The van der Waals surface area contributed by atoms with Crippen LogP contribution in [0.5, 0.6) is 5.75 Å². The van der Waals surface area contributed by atoms with Crippen LogP contribution < -0.4 is 4.74 Å². The molecule has 0 radical (unpaired) electrons. The first-order valence-electron chi connectivity index (χ1n) is 6.20. The van der Waals surface area contributed by atoms with Gasteiger partial charge < -0.3 is 4.74 Å². The molecule has 0 amide bonds.